The van der Waals surface area contributed by atoms with Crippen LogP contribution in [0.2, 0.25) is 0 Å². The van der Waals surface area contributed by atoms with Gasteiger partial charge >= 0.3 is 0 Å². The van der Waals surface area contributed by atoms with Gasteiger partial charge in [0.2, 0.25) is 0 Å². The molecule has 1 aliphatic heterocycles. The third-order valence-corrected chi connectivity index (χ3v) is 3.82. The highest BCUT2D eigenvalue weighted by atomic mass is 127. The third kappa shape index (κ3) is 6.36. The van der Waals surface area contributed by atoms with Crippen LogP contribution < -0.4 is 11.1 Å². The molecule has 0 bridgehead atoms. The van der Waals surface area contributed by atoms with Crippen molar-refractivity contribution in [1.29, 1.82) is 0 Å². The summed E-state index contributed by atoms with van der Waals surface area (Å²) in [6, 6.07) is 10.6. The molecule has 0 radical (unpaired) electrons. The number of aliphatic imine (C=N–C) groups is 1. The van der Waals surface area contributed by atoms with Crippen molar-refractivity contribution in [2.75, 3.05) is 19.8 Å². The summed E-state index contributed by atoms with van der Waals surface area (Å²) in [4.78, 5) is 4.24. The van der Waals surface area contributed by atoms with E-state index >= 15 is 0 Å². The fourth-order valence-corrected chi connectivity index (χ4v) is 2.67. The van der Waals surface area contributed by atoms with E-state index in [2.05, 4.69) is 41.2 Å². The van der Waals surface area contributed by atoms with Gasteiger partial charge in [0.1, 0.15) is 0 Å². The maximum Gasteiger partial charge on any atom is 0.189 e. The van der Waals surface area contributed by atoms with Crippen molar-refractivity contribution in [3.8, 4) is 0 Å². The monoisotopic (exact) mass is 415 g/mol. The highest BCUT2D eigenvalue weighted by Crippen LogP contribution is 2.27. The van der Waals surface area contributed by atoms with Crippen LogP contribution in [0.5, 0.6) is 0 Å². The number of rotatable bonds is 6. The summed E-state index contributed by atoms with van der Waals surface area (Å²) < 4.78 is 5.44. The Kier molecular flexibility index (Phi) is 9.15. The van der Waals surface area contributed by atoms with Gasteiger partial charge in [0, 0.05) is 13.2 Å². The van der Waals surface area contributed by atoms with E-state index in [1.165, 1.54) is 5.56 Å². The van der Waals surface area contributed by atoms with Gasteiger partial charge in [-0.3, -0.25) is 0 Å². The Morgan fingerprint density at radius 2 is 2.05 bits per heavy atom. The van der Waals surface area contributed by atoms with Crippen molar-refractivity contribution in [2.24, 2.45) is 16.6 Å². The van der Waals surface area contributed by atoms with Crippen LogP contribution in [0.1, 0.15) is 30.9 Å². The minimum atomic E-state index is 0. The lowest BCUT2D eigenvalue weighted by Gasteiger charge is -2.28. The summed E-state index contributed by atoms with van der Waals surface area (Å²) >= 11 is 0. The zero-order chi connectivity index (χ0) is 14.9. The molecule has 22 heavy (non-hydrogen) atoms. The summed E-state index contributed by atoms with van der Waals surface area (Å²) in [5.41, 5.74) is 7.22. The Bertz CT molecular complexity index is 458. The van der Waals surface area contributed by atoms with E-state index in [0.29, 0.717) is 18.4 Å². The molecule has 4 nitrogen and oxygen atoms in total. The molecule has 122 valence electrons. The average Bonchev–Trinajstić information content (AvgIpc) is 2.54. The van der Waals surface area contributed by atoms with Gasteiger partial charge in [-0.2, -0.15) is 0 Å². The molecule has 0 saturated carbocycles. The van der Waals surface area contributed by atoms with Crippen LogP contribution in [0.25, 0.3) is 0 Å². The molecule has 0 amide bonds. The first-order valence-electron chi connectivity index (χ1n) is 7.59. The lowest BCUT2D eigenvalue weighted by Crippen LogP contribution is -2.36. The number of nitrogens with two attached hydrogens (primary N) is 1. The number of ether oxygens (including phenoxy) is 1. The van der Waals surface area contributed by atoms with Gasteiger partial charge in [-0.25, -0.2) is 4.99 Å². The van der Waals surface area contributed by atoms with E-state index in [1.54, 1.807) is 6.08 Å². The summed E-state index contributed by atoms with van der Waals surface area (Å²) in [6.45, 7) is 5.93. The first-order chi connectivity index (χ1) is 10.3. The summed E-state index contributed by atoms with van der Waals surface area (Å²) in [7, 11) is 0. The van der Waals surface area contributed by atoms with Crippen LogP contribution in [0.15, 0.2) is 48.0 Å². The number of halogens is 1. The molecule has 1 aliphatic rings. The maximum atomic E-state index is 5.97. The van der Waals surface area contributed by atoms with Crippen molar-refractivity contribution >= 4 is 29.9 Å². The minimum Gasteiger partial charge on any atom is -0.381 e. The lowest BCUT2D eigenvalue weighted by molar-refractivity contribution is 0.0612. The largest absolute Gasteiger partial charge is 0.381 e. The number of nitrogens with one attached hydrogen (secondary N) is 1. The van der Waals surface area contributed by atoms with Crippen molar-refractivity contribution in [3.63, 3.8) is 0 Å². The molecule has 2 rings (SSSR count). The topological polar surface area (TPSA) is 59.6 Å². The smallest absolute Gasteiger partial charge is 0.189 e. The van der Waals surface area contributed by atoms with E-state index in [9.17, 15) is 0 Å². The van der Waals surface area contributed by atoms with E-state index in [-0.39, 0.29) is 30.0 Å². The first-order valence-corrected chi connectivity index (χ1v) is 7.59. The Balaban J connectivity index is 0.00000242. The van der Waals surface area contributed by atoms with Gasteiger partial charge in [-0.1, -0.05) is 36.4 Å². The number of nitrogens with zero attached hydrogens (tertiary/aromatic N) is 1. The minimum absolute atomic E-state index is 0. The Morgan fingerprint density at radius 1 is 1.36 bits per heavy atom. The van der Waals surface area contributed by atoms with Crippen LogP contribution in [0.3, 0.4) is 0 Å². The average molecular weight is 415 g/mol. The van der Waals surface area contributed by atoms with Crippen molar-refractivity contribution in [1.82, 2.24) is 5.32 Å². The molecule has 0 aliphatic carbocycles. The van der Waals surface area contributed by atoms with Gasteiger partial charge in [-0.15, -0.1) is 30.6 Å². The van der Waals surface area contributed by atoms with E-state index in [0.717, 1.165) is 32.5 Å². The maximum absolute atomic E-state index is 5.97. The SMILES string of the molecule is C=CCN=C(N)NC(CC1CCOCC1)c1ccccc1.I. The molecular weight excluding hydrogens is 389 g/mol. The summed E-state index contributed by atoms with van der Waals surface area (Å²) in [6.07, 6.45) is 5.03. The molecule has 1 aromatic carbocycles. The zero-order valence-electron chi connectivity index (χ0n) is 12.9. The first kappa shape index (κ1) is 19.0. The van der Waals surface area contributed by atoms with Gasteiger partial charge in [0.15, 0.2) is 5.96 Å². The van der Waals surface area contributed by atoms with E-state index in [4.69, 9.17) is 10.5 Å². The van der Waals surface area contributed by atoms with Gasteiger partial charge in [-0.05, 0) is 30.7 Å². The van der Waals surface area contributed by atoms with Crippen LogP contribution in [0, 0.1) is 5.92 Å². The van der Waals surface area contributed by atoms with Crippen LogP contribution in [0.4, 0.5) is 0 Å². The van der Waals surface area contributed by atoms with Gasteiger partial charge in [0.25, 0.3) is 0 Å². The third-order valence-electron chi connectivity index (χ3n) is 3.82. The second-order valence-corrected chi connectivity index (χ2v) is 5.41. The lowest BCUT2D eigenvalue weighted by atomic mass is 9.89. The number of benzene rings is 1. The molecule has 1 unspecified atom stereocenters. The quantitative estimate of drug-likeness (QED) is 0.325. The number of hydrogen-bond donors (Lipinski definition) is 2. The van der Waals surface area contributed by atoms with Crippen molar-refractivity contribution < 1.29 is 4.74 Å². The number of guanidine groups is 1. The summed E-state index contributed by atoms with van der Waals surface area (Å²) in [5, 5.41) is 3.35. The van der Waals surface area contributed by atoms with E-state index in [1.807, 2.05) is 6.07 Å². The van der Waals surface area contributed by atoms with Crippen LogP contribution >= 0.6 is 24.0 Å². The molecule has 1 heterocycles. The second kappa shape index (κ2) is 10.6. The zero-order valence-corrected chi connectivity index (χ0v) is 15.2. The van der Waals surface area contributed by atoms with Gasteiger partial charge < -0.3 is 15.8 Å². The molecule has 1 fully saturated rings. The fourth-order valence-electron chi connectivity index (χ4n) is 2.67. The summed E-state index contributed by atoms with van der Waals surface area (Å²) in [5.74, 6) is 1.15. The van der Waals surface area contributed by atoms with Crippen LogP contribution in [-0.4, -0.2) is 25.7 Å². The molecule has 1 aromatic rings. The molecular formula is C17H26IN3O. The highest BCUT2D eigenvalue weighted by molar-refractivity contribution is 14.0. The molecule has 5 heteroatoms. The molecule has 3 N–H and O–H groups in total. The van der Waals surface area contributed by atoms with Crippen LogP contribution in [-0.2, 0) is 4.74 Å². The standard InChI is InChI=1S/C17H25N3O.HI/c1-2-10-19-17(18)20-16(15-6-4-3-5-7-15)13-14-8-11-21-12-9-14;/h2-7,14,16H,1,8-13H2,(H3,18,19,20);1H. The van der Waals surface area contributed by atoms with Gasteiger partial charge in [0.05, 0.1) is 12.6 Å². The van der Waals surface area contributed by atoms with E-state index < -0.39 is 0 Å². The van der Waals surface area contributed by atoms with Crippen molar-refractivity contribution in [2.45, 2.75) is 25.3 Å². The van der Waals surface area contributed by atoms with Crippen molar-refractivity contribution in [3.05, 3.63) is 48.6 Å². The fraction of sp³-hybridized carbons (Fsp3) is 0.471. The predicted molar refractivity (Wildman–Crippen MR) is 103 cm³/mol. The molecule has 1 atom stereocenters. The molecule has 1 saturated heterocycles. The molecule has 0 aromatic heterocycles. The second-order valence-electron chi connectivity index (χ2n) is 5.41. The molecule has 0 spiro atoms. The normalized spacial score (nSPS) is 17.4. The Labute approximate surface area is 150 Å². The Hall–Kier alpha value is -1.08. The highest BCUT2D eigenvalue weighted by Gasteiger charge is 2.20. The predicted octanol–water partition coefficient (Wildman–Crippen LogP) is 3.25. The Morgan fingerprint density at radius 3 is 2.68 bits per heavy atom. The number of hydrogen-bond acceptors (Lipinski definition) is 2.